The van der Waals surface area contributed by atoms with E-state index in [2.05, 4.69) is 22.1 Å². The summed E-state index contributed by atoms with van der Waals surface area (Å²) in [5.41, 5.74) is 5.70. The fourth-order valence-corrected chi connectivity index (χ4v) is 3.56. The van der Waals surface area contributed by atoms with Crippen molar-refractivity contribution < 1.29 is 13.9 Å². The van der Waals surface area contributed by atoms with E-state index >= 15 is 0 Å². The van der Waals surface area contributed by atoms with Crippen molar-refractivity contribution in [3.8, 4) is 11.8 Å². The van der Waals surface area contributed by atoms with Crippen LogP contribution < -0.4 is 30.1 Å². The van der Waals surface area contributed by atoms with Gasteiger partial charge in [-0.3, -0.25) is 14.2 Å². The summed E-state index contributed by atoms with van der Waals surface area (Å²) >= 11 is 1.05. The Morgan fingerprint density at radius 1 is 1.39 bits per heavy atom. The summed E-state index contributed by atoms with van der Waals surface area (Å²) in [6, 6.07) is 9.14. The van der Waals surface area contributed by atoms with E-state index < -0.39 is 12.6 Å². The van der Waals surface area contributed by atoms with Crippen LogP contribution in [0.2, 0.25) is 0 Å². The molecule has 0 radical (unpaired) electrons. The number of benzene rings is 1. The Morgan fingerprint density at radius 2 is 2.18 bits per heavy atom. The quantitative estimate of drug-likeness (QED) is 0.393. The topological polar surface area (TPSA) is 99.4 Å². The summed E-state index contributed by atoms with van der Waals surface area (Å²) < 4.78 is 20.0. The highest BCUT2D eigenvalue weighted by Gasteiger charge is 2.08. The van der Waals surface area contributed by atoms with E-state index in [-0.39, 0.29) is 22.2 Å². The standard InChI is InChI=1S/C23H26FN5O3S/c1-4-29-21(14-17(16-25)22(30)27-11-9-24)33-20(23(29)31)8-10-26-18-6-5-7-19(15-18)32-13-12-28(2)3/h5-7,10,15,26H,4,9,11-13H2,1-3H3,(H,27,30). The molecule has 2 aromatic rings. The summed E-state index contributed by atoms with van der Waals surface area (Å²) in [4.78, 5) is 26.6. The predicted molar refractivity (Wildman–Crippen MR) is 127 cm³/mol. The molecule has 10 heteroatoms. The zero-order valence-corrected chi connectivity index (χ0v) is 19.6. The minimum atomic E-state index is -0.745. The second-order valence-electron chi connectivity index (χ2n) is 6.96. The number of carbonyl (C=O) groups is 1. The van der Waals surface area contributed by atoms with Gasteiger partial charge in [-0.25, -0.2) is 4.39 Å². The molecule has 0 saturated carbocycles. The summed E-state index contributed by atoms with van der Waals surface area (Å²) in [5, 5.41) is 14.6. The SMILES string of the molecule is CCn1c(=C=C(C#N)C(=O)NCCF)sc(=C=CNc2cccc(OCCN(C)C)c2)c1=O. The van der Waals surface area contributed by atoms with E-state index in [1.165, 1.54) is 10.8 Å². The number of hydrogen-bond donors (Lipinski definition) is 2. The number of anilines is 1. The van der Waals surface area contributed by atoms with Crippen molar-refractivity contribution in [3.05, 3.63) is 55.6 Å². The number of rotatable bonds is 10. The molecule has 1 heterocycles. The highest BCUT2D eigenvalue weighted by Crippen LogP contribution is 2.17. The third-order valence-electron chi connectivity index (χ3n) is 4.23. The first kappa shape index (κ1) is 25.7. The van der Waals surface area contributed by atoms with Gasteiger partial charge in [0.2, 0.25) is 0 Å². The predicted octanol–water partition coefficient (Wildman–Crippen LogP) is 0.790. The number of carbonyl (C=O) groups excluding carboxylic acids is 1. The van der Waals surface area contributed by atoms with Crippen LogP contribution in [-0.4, -0.2) is 55.8 Å². The molecule has 2 N–H and O–H groups in total. The van der Waals surface area contributed by atoms with E-state index in [0.717, 1.165) is 29.3 Å². The van der Waals surface area contributed by atoms with E-state index in [1.807, 2.05) is 43.3 Å². The molecule has 1 amide bonds. The number of halogens is 1. The van der Waals surface area contributed by atoms with E-state index in [4.69, 9.17) is 4.74 Å². The zero-order chi connectivity index (χ0) is 24.2. The van der Waals surface area contributed by atoms with Gasteiger partial charge in [0.1, 0.15) is 34.3 Å². The number of amides is 1. The maximum absolute atomic E-state index is 12.7. The summed E-state index contributed by atoms with van der Waals surface area (Å²) in [6.45, 7) is 2.50. The summed E-state index contributed by atoms with van der Waals surface area (Å²) in [5.74, 6) is -0.0223. The second kappa shape index (κ2) is 13.1. The van der Waals surface area contributed by atoms with Crippen LogP contribution in [-0.2, 0) is 11.3 Å². The van der Waals surface area contributed by atoms with Gasteiger partial charge in [0.25, 0.3) is 11.5 Å². The van der Waals surface area contributed by atoms with Gasteiger partial charge < -0.3 is 20.3 Å². The van der Waals surface area contributed by atoms with Gasteiger partial charge in [-0.2, -0.15) is 5.26 Å². The van der Waals surface area contributed by atoms with Crippen LogP contribution in [0.15, 0.2) is 40.8 Å². The van der Waals surface area contributed by atoms with E-state index in [0.29, 0.717) is 17.8 Å². The number of alkyl halides is 1. The molecule has 0 fully saturated rings. The maximum Gasteiger partial charge on any atom is 0.277 e. The summed E-state index contributed by atoms with van der Waals surface area (Å²) in [7, 11) is 3.95. The van der Waals surface area contributed by atoms with Crippen molar-refractivity contribution in [1.82, 2.24) is 14.8 Å². The molecule has 174 valence electrons. The Kier molecular flexibility index (Phi) is 10.2. The Morgan fingerprint density at radius 3 is 2.85 bits per heavy atom. The van der Waals surface area contributed by atoms with Crippen LogP contribution in [0.1, 0.15) is 6.92 Å². The molecule has 33 heavy (non-hydrogen) atoms. The molecule has 1 aromatic carbocycles. The fraction of sp³-hybridized carbons (Fsp3) is 0.348. The normalized spacial score (nSPS) is 10.1. The average Bonchev–Trinajstić information content (AvgIpc) is 3.09. The molecule has 1 aromatic heterocycles. The molecular weight excluding hydrogens is 445 g/mol. The highest BCUT2D eigenvalue weighted by atomic mass is 32.1. The highest BCUT2D eigenvalue weighted by molar-refractivity contribution is 7.07. The lowest BCUT2D eigenvalue weighted by molar-refractivity contribution is -0.117. The van der Waals surface area contributed by atoms with Crippen LogP contribution in [0.3, 0.4) is 0 Å². The van der Waals surface area contributed by atoms with Crippen molar-refractivity contribution in [2.45, 2.75) is 13.5 Å². The number of thiazole rings is 1. The Labute approximate surface area is 195 Å². The largest absolute Gasteiger partial charge is 0.492 e. The van der Waals surface area contributed by atoms with Crippen LogP contribution in [0, 0.1) is 11.3 Å². The molecule has 8 nitrogen and oxygen atoms in total. The number of nitrogens with one attached hydrogen (secondary N) is 2. The smallest absolute Gasteiger partial charge is 0.277 e. The Balaban J connectivity index is 2.35. The van der Waals surface area contributed by atoms with E-state index in [1.54, 1.807) is 13.0 Å². The first-order valence-corrected chi connectivity index (χ1v) is 11.1. The molecular formula is C23H26FN5O3S. The minimum absolute atomic E-state index is 0.202. The molecule has 0 aliphatic rings. The molecule has 0 atom stereocenters. The van der Waals surface area contributed by atoms with E-state index in [9.17, 15) is 19.2 Å². The second-order valence-corrected chi connectivity index (χ2v) is 7.95. The molecule has 2 rings (SSSR count). The zero-order valence-electron chi connectivity index (χ0n) is 18.8. The van der Waals surface area contributed by atoms with Crippen molar-refractivity contribution in [1.29, 1.82) is 5.26 Å². The minimum Gasteiger partial charge on any atom is -0.492 e. The first-order chi connectivity index (χ1) is 15.9. The van der Waals surface area contributed by atoms with Gasteiger partial charge >= 0.3 is 0 Å². The lowest BCUT2D eigenvalue weighted by atomic mass is 10.3. The lowest BCUT2D eigenvalue weighted by Gasteiger charge is -2.11. The van der Waals surface area contributed by atoms with Gasteiger partial charge in [0.15, 0.2) is 5.57 Å². The van der Waals surface area contributed by atoms with Crippen molar-refractivity contribution in [2.75, 3.05) is 45.8 Å². The van der Waals surface area contributed by atoms with Crippen LogP contribution >= 0.6 is 11.3 Å². The van der Waals surface area contributed by atoms with Gasteiger partial charge in [0, 0.05) is 37.6 Å². The summed E-state index contributed by atoms with van der Waals surface area (Å²) in [6.07, 6.45) is 1.51. The molecule has 0 spiro atoms. The molecule has 0 saturated heterocycles. The fourth-order valence-electron chi connectivity index (χ4n) is 2.58. The van der Waals surface area contributed by atoms with Crippen molar-refractivity contribution in [2.24, 2.45) is 0 Å². The number of nitriles is 1. The first-order valence-electron chi connectivity index (χ1n) is 10.2. The van der Waals surface area contributed by atoms with Crippen molar-refractivity contribution >= 4 is 34.4 Å². The number of hydrogen-bond acceptors (Lipinski definition) is 7. The van der Waals surface area contributed by atoms with Gasteiger partial charge in [0.05, 0.1) is 0 Å². The number of nitrogens with zero attached hydrogens (tertiary/aromatic N) is 3. The number of aromatic nitrogens is 1. The lowest BCUT2D eigenvalue weighted by Crippen LogP contribution is -2.30. The number of ether oxygens (including phenoxy) is 1. The molecule has 0 bridgehead atoms. The third kappa shape index (κ3) is 7.79. The van der Waals surface area contributed by atoms with Gasteiger partial charge in [-0.1, -0.05) is 28.9 Å². The average molecular weight is 472 g/mol. The molecule has 0 aliphatic heterocycles. The van der Waals surface area contributed by atoms with Crippen LogP contribution in [0.4, 0.5) is 10.1 Å². The van der Waals surface area contributed by atoms with Gasteiger partial charge in [-0.05, 0) is 33.2 Å². The molecule has 0 aliphatic carbocycles. The number of likely N-dealkylation sites (N-methyl/N-ethyl adjacent to an activating group) is 1. The van der Waals surface area contributed by atoms with Crippen LogP contribution in [0.5, 0.6) is 5.75 Å². The van der Waals surface area contributed by atoms with Crippen LogP contribution in [0.25, 0.3) is 11.5 Å². The maximum atomic E-state index is 12.7. The Bertz CT molecular complexity index is 1260. The van der Waals surface area contributed by atoms with Gasteiger partial charge in [-0.15, -0.1) is 0 Å². The third-order valence-corrected chi connectivity index (χ3v) is 5.25. The van der Waals surface area contributed by atoms with Crippen molar-refractivity contribution in [3.63, 3.8) is 0 Å². The molecule has 0 unspecified atom stereocenters. The Hall–Kier alpha value is -3.60. The monoisotopic (exact) mass is 471 g/mol.